The van der Waals surface area contributed by atoms with Gasteiger partial charge in [0.25, 0.3) is 5.91 Å². The van der Waals surface area contributed by atoms with Crippen molar-refractivity contribution in [1.29, 1.82) is 0 Å². The molecule has 0 saturated carbocycles. The Morgan fingerprint density at radius 2 is 1.95 bits per heavy atom. The second-order valence-electron chi connectivity index (χ2n) is 6.12. The molecule has 0 saturated heterocycles. The number of carbonyl (C=O) groups excluding carboxylic acids is 1. The van der Waals surface area contributed by atoms with E-state index in [0.29, 0.717) is 24.3 Å². The molecule has 0 aliphatic rings. The van der Waals surface area contributed by atoms with Gasteiger partial charge < -0.3 is 11.1 Å². The summed E-state index contributed by atoms with van der Waals surface area (Å²) in [6, 6.07) is 7.73. The largest absolute Gasteiger partial charge is 0.396 e. The van der Waals surface area contributed by atoms with Gasteiger partial charge in [0.05, 0.1) is 18.4 Å². The maximum absolute atomic E-state index is 12.0. The predicted octanol–water partition coefficient (Wildman–Crippen LogP) is 2.19. The standard InChI is InChI=1S/C16H22N4O/c1-16(2,3)13-6-4-12(5-7-13)15(21)18-8-9-20-11-14(17)10-19-20/h4-7,10-11H,8-9,17H2,1-3H3,(H,18,21). The van der Waals surface area contributed by atoms with Crippen molar-refractivity contribution >= 4 is 11.6 Å². The zero-order valence-corrected chi connectivity index (χ0v) is 12.8. The Morgan fingerprint density at radius 3 is 2.48 bits per heavy atom. The van der Waals surface area contributed by atoms with Crippen LogP contribution in [0.2, 0.25) is 0 Å². The summed E-state index contributed by atoms with van der Waals surface area (Å²) in [5.41, 5.74) is 8.18. The number of nitrogens with one attached hydrogen (secondary N) is 1. The molecule has 2 rings (SSSR count). The number of nitrogens with zero attached hydrogens (tertiary/aromatic N) is 2. The Bertz CT molecular complexity index is 608. The van der Waals surface area contributed by atoms with Crippen molar-refractivity contribution in [3.05, 3.63) is 47.8 Å². The molecule has 112 valence electrons. The van der Waals surface area contributed by atoms with Gasteiger partial charge in [0.2, 0.25) is 0 Å². The van der Waals surface area contributed by atoms with E-state index < -0.39 is 0 Å². The lowest BCUT2D eigenvalue weighted by molar-refractivity contribution is 0.0952. The third kappa shape index (κ3) is 4.08. The van der Waals surface area contributed by atoms with E-state index in [-0.39, 0.29) is 11.3 Å². The number of anilines is 1. The van der Waals surface area contributed by atoms with E-state index in [0.717, 1.165) is 0 Å². The van der Waals surface area contributed by atoms with Gasteiger partial charge in [-0.15, -0.1) is 0 Å². The van der Waals surface area contributed by atoms with Crippen molar-refractivity contribution in [2.75, 3.05) is 12.3 Å². The molecule has 0 fully saturated rings. The highest BCUT2D eigenvalue weighted by Gasteiger charge is 2.14. The first kappa shape index (κ1) is 15.1. The molecule has 1 amide bonds. The van der Waals surface area contributed by atoms with E-state index in [4.69, 9.17) is 5.73 Å². The van der Waals surface area contributed by atoms with E-state index in [1.165, 1.54) is 5.56 Å². The van der Waals surface area contributed by atoms with Crippen molar-refractivity contribution < 1.29 is 4.79 Å². The van der Waals surface area contributed by atoms with E-state index in [1.807, 2.05) is 24.3 Å². The zero-order valence-electron chi connectivity index (χ0n) is 12.8. The molecule has 0 unspecified atom stereocenters. The monoisotopic (exact) mass is 286 g/mol. The Hall–Kier alpha value is -2.30. The van der Waals surface area contributed by atoms with Crippen LogP contribution in [0.5, 0.6) is 0 Å². The summed E-state index contributed by atoms with van der Waals surface area (Å²) in [6.45, 7) is 7.57. The molecular formula is C16H22N4O. The minimum Gasteiger partial charge on any atom is -0.396 e. The highest BCUT2D eigenvalue weighted by Crippen LogP contribution is 2.22. The lowest BCUT2D eigenvalue weighted by atomic mass is 9.87. The summed E-state index contributed by atoms with van der Waals surface area (Å²) < 4.78 is 1.71. The van der Waals surface area contributed by atoms with Crippen LogP contribution in [0.4, 0.5) is 5.69 Å². The Labute approximate surface area is 125 Å². The first-order valence-corrected chi connectivity index (χ1v) is 7.03. The van der Waals surface area contributed by atoms with Gasteiger partial charge in [-0.1, -0.05) is 32.9 Å². The number of rotatable bonds is 4. The fourth-order valence-corrected chi connectivity index (χ4v) is 2.01. The Kier molecular flexibility index (Phi) is 4.31. The molecule has 0 spiro atoms. The Balaban J connectivity index is 1.88. The topological polar surface area (TPSA) is 72.9 Å². The van der Waals surface area contributed by atoms with Gasteiger partial charge in [-0.2, -0.15) is 5.10 Å². The molecule has 3 N–H and O–H groups in total. The number of carbonyl (C=O) groups is 1. The normalized spacial score (nSPS) is 11.4. The Morgan fingerprint density at radius 1 is 1.29 bits per heavy atom. The second-order valence-corrected chi connectivity index (χ2v) is 6.12. The van der Waals surface area contributed by atoms with Crippen LogP contribution in [0, 0.1) is 0 Å². The van der Waals surface area contributed by atoms with Crippen molar-refractivity contribution in [2.24, 2.45) is 0 Å². The average Bonchev–Trinajstić information content (AvgIpc) is 2.83. The number of benzene rings is 1. The second kappa shape index (κ2) is 5.99. The van der Waals surface area contributed by atoms with Crippen molar-refractivity contribution in [3.8, 4) is 0 Å². The molecule has 0 bridgehead atoms. The van der Waals surface area contributed by atoms with Gasteiger partial charge in [0.1, 0.15) is 0 Å². The highest BCUT2D eigenvalue weighted by molar-refractivity contribution is 5.94. The van der Waals surface area contributed by atoms with Crippen LogP contribution >= 0.6 is 0 Å². The first-order valence-electron chi connectivity index (χ1n) is 7.03. The van der Waals surface area contributed by atoms with E-state index in [9.17, 15) is 4.79 Å². The quantitative estimate of drug-likeness (QED) is 0.905. The van der Waals surface area contributed by atoms with Crippen LogP contribution in [-0.2, 0) is 12.0 Å². The number of nitrogens with two attached hydrogens (primary N) is 1. The number of aromatic nitrogens is 2. The number of hydrogen-bond acceptors (Lipinski definition) is 3. The minimum absolute atomic E-state index is 0.0735. The van der Waals surface area contributed by atoms with Gasteiger partial charge in [-0.05, 0) is 23.1 Å². The first-order chi connectivity index (χ1) is 9.86. The molecule has 5 nitrogen and oxygen atoms in total. The molecule has 1 aromatic carbocycles. The lowest BCUT2D eigenvalue weighted by Crippen LogP contribution is -2.27. The fourth-order valence-electron chi connectivity index (χ4n) is 2.01. The molecule has 0 aliphatic heterocycles. The van der Waals surface area contributed by atoms with Crippen molar-refractivity contribution in [2.45, 2.75) is 32.7 Å². The third-order valence-electron chi connectivity index (χ3n) is 3.29. The van der Waals surface area contributed by atoms with E-state index >= 15 is 0 Å². The molecule has 1 heterocycles. The summed E-state index contributed by atoms with van der Waals surface area (Å²) in [5.74, 6) is -0.0735. The maximum Gasteiger partial charge on any atom is 0.251 e. The molecule has 21 heavy (non-hydrogen) atoms. The molecular weight excluding hydrogens is 264 g/mol. The van der Waals surface area contributed by atoms with Gasteiger partial charge in [-0.25, -0.2) is 0 Å². The van der Waals surface area contributed by atoms with E-state index in [2.05, 4.69) is 31.2 Å². The summed E-state index contributed by atoms with van der Waals surface area (Å²) in [6.07, 6.45) is 3.33. The number of nitrogen functional groups attached to an aromatic ring is 1. The molecule has 1 aromatic heterocycles. The van der Waals surface area contributed by atoms with Crippen LogP contribution in [0.25, 0.3) is 0 Å². The molecule has 0 aliphatic carbocycles. The highest BCUT2D eigenvalue weighted by atomic mass is 16.1. The van der Waals surface area contributed by atoms with E-state index in [1.54, 1.807) is 17.1 Å². The summed E-state index contributed by atoms with van der Waals surface area (Å²) in [5, 5.41) is 6.94. The van der Waals surface area contributed by atoms with Gasteiger partial charge >= 0.3 is 0 Å². The average molecular weight is 286 g/mol. The fraction of sp³-hybridized carbons (Fsp3) is 0.375. The van der Waals surface area contributed by atoms with Crippen LogP contribution in [0.1, 0.15) is 36.7 Å². The van der Waals surface area contributed by atoms with Crippen molar-refractivity contribution in [3.63, 3.8) is 0 Å². The number of amides is 1. The molecule has 0 atom stereocenters. The zero-order chi connectivity index (χ0) is 15.5. The van der Waals surface area contributed by atoms with Crippen LogP contribution in [0.15, 0.2) is 36.7 Å². The summed E-state index contributed by atoms with van der Waals surface area (Å²) >= 11 is 0. The van der Waals surface area contributed by atoms with Crippen LogP contribution < -0.4 is 11.1 Å². The molecule has 0 radical (unpaired) electrons. The van der Waals surface area contributed by atoms with Crippen molar-refractivity contribution in [1.82, 2.24) is 15.1 Å². The molecule has 2 aromatic rings. The van der Waals surface area contributed by atoms with Gasteiger partial charge in [-0.3, -0.25) is 9.48 Å². The van der Waals surface area contributed by atoms with Gasteiger partial charge in [0.15, 0.2) is 0 Å². The summed E-state index contributed by atoms with van der Waals surface area (Å²) in [7, 11) is 0. The maximum atomic E-state index is 12.0. The SMILES string of the molecule is CC(C)(C)c1ccc(C(=O)NCCn2cc(N)cn2)cc1. The molecule has 5 heteroatoms. The van der Waals surface area contributed by atoms with Crippen LogP contribution in [-0.4, -0.2) is 22.2 Å². The van der Waals surface area contributed by atoms with Crippen LogP contribution in [0.3, 0.4) is 0 Å². The minimum atomic E-state index is -0.0735. The number of hydrogen-bond donors (Lipinski definition) is 2. The summed E-state index contributed by atoms with van der Waals surface area (Å²) in [4.78, 5) is 12.0. The lowest BCUT2D eigenvalue weighted by Gasteiger charge is -2.19. The third-order valence-corrected chi connectivity index (χ3v) is 3.29. The van der Waals surface area contributed by atoms with Gasteiger partial charge in [0, 0.05) is 18.3 Å². The predicted molar refractivity (Wildman–Crippen MR) is 84.1 cm³/mol. The smallest absolute Gasteiger partial charge is 0.251 e.